The van der Waals surface area contributed by atoms with E-state index in [0.29, 0.717) is 5.92 Å². The minimum atomic E-state index is -0.728. The minimum absolute atomic E-state index is 0.224. The standard InChI is InChI=1S/C14H18FNO2/c15-12-4-6-13(7-5-12)16-9-1-2-11(10-16)3-8-14(17)18/h4-7,11H,1-3,8-10H2,(H,17,18). The Morgan fingerprint density at radius 3 is 2.78 bits per heavy atom. The van der Waals surface area contributed by atoms with Crippen LogP contribution in [0.25, 0.3) is 0 Å². The Morgan fingerprint density at radius 1 is 1.39 bits per heavy atom. The molecular formula is C14H18FNO2. The summed E-state index contributed by atoms with van der Waals surface area (Å²) in [7, 11) is 0. The highest BCUT2D eigenvalue weighted by Crippen LogP contribution is 2.25. The summed E-state index contributed by atoms with van der Waals surface area (Å²) < 4.78 is 12.9. The van der Waals surface area contributed by atoms with Crippen molar-refractivity contribution < 1.29 is 14.3 Å². The van der Waals surface area contributed by atoms with Gasteiger partial charge in [0.05, 0.1) is 0 Å². The predicted molar refractivity (Wildman–Crippen MR) is 68.2 cm³/mol. The average Bonchev–Trinajstić information content (AvgIpc) is 2.37. The highest BCUT2D eigenvalue weighted by Gasteiger charge is 2.20. The van der Waals surface area contributed by atoms with Gasteiger partial charge in [0.1, 0.15) is 5.82 Å². The molecule has 2 rings (SSSR count). The fraction of sp³-hybridized carbons (Fsp3) is 0.500. The zero-order valence-corrected chi connectivity index (χ0v) is 10.3. The van der Waals surface area contributed by atoms with Gasteiger partial charge in [0.25, 0.3) is 0 Å². The van der Waals surface area contributed by atoms with E-state index in [1.165, 1.54) is 12.1 Å². The van der Waals surface area contributed by atoms with Crippen molar-refractivity contribution in [2.75, 3.05) is 18.0 Å². The van der Waals surface area contributed by atoms with Crippen LogP contribution in [0.5, 0.6) is 0 Å². The lowest BCUT2D eigenvalue weighted by Gasteiger charge is -2.34. The third kappa shape index (κ3) is 3.45. The fourth-order valence-electron chi connectivity index (χ4n) is 2.51. The molecule has 0 spiro atoms. The summed E-state index contributed by atoms with van der Waals surface area (Å²) in [4.78, 5) is 12.8. The Hall–Kier alpha value is -1.58. The highest BCUT2D eigenvalue weighted by molar-refractivity contribution is 5.66. The molecule has 1 atom stereocenters. The number of halogens is 1. The number of aliphatic carboxylic acids is 1. The third-order valence-corrected chi connectivity index (χ3v) is 3.48. The largest absolute Gasteiger partial charge is 0.481 e. The van der Waals surface area contributed by atoms with Gasteiger partial charge >= 0.3 is 5.97 Å². The molecule has 1 aliphatic heterocycles. The van der Waals surface area contributed by atoms with Crippen molar-refractivity contribution in [2.45, 2.75) is 25.7 Å². The lowest BCUT2D eigenvalue weighted by molar-refractivity contribution is -0.137. The van der Waals surface area contributed by atoms with Crippen molar-refractivity contribution in [1.82, 2.24) is 0 Å². The molecule has 0 radical (unpaired) electrons. The van der Waals surface area contributed by atoms with Gasteiger partial charge in [0.15, 0.2) is 0 Å². The van der Waals surface area contributed by atoms with Gasteiger partial charge in [0.2, 0.25) is 0 Å². The first kappa shape index (κ1) is 12.9. The molecule has 3 nitrogen and oxygen atoms in total. The molecule has 1 saturated heterocycles. The molecule has 0 amide bonds. The van der Waals surface area contributed by atoms with Crippen molar-refractivity contribution >= 4 is 11.7 Å². The van der Waals surface area contributed by atoms with Crippen molar-refractivity contribution in [3.8, 4) is 0 Å². The van der Waals surface area contributed by atoms with Crippen LogP contribution in [0.2, 0.25) is 0 Å². The maximum Gasteiger partial charge on any atom is 0.303 e. The maximum absolute atomic E-state index is 12.9. The Morgan fingerprint density at radius 2 is 2.11 bits per heavy atom. The molecule has 18 heavy (non-hydrogen) atoms. The molecule has 1 unspecified atom stereocenters. The number of anilines is 1. The van der Waals surface area contributed by atoms with E-state index in [4.69, 9.17) is 5.11 Å². The smallest absolute Gasteiger partial charge is 0.303 e. The summed E-state index contributed by atoms with van der Waals surface area (Å²) in [6.07, 6.45) is 3.13. The molecule has 1 heterocycles. The number of benzene rings is 1. The van der Waals surface area contributed by atoms with Gasteiger partial charge in [-0.2, -0.15) is 0 Å². The molecule has 0 aliphatic carbocycles. The van der Waals surface area contributed by atoms with Gasteiger partial charge < -0.3 is 10.0 Å². The lowest BCUT2D eigenvalue weighted by Crippen LogP contribution is -2.35. The van der Waals surface area contributed by atoms with Crippen LogP contribution in [-0.2, 0) is 4.79 Å². The fourth-order valence-corrected chi connectivity index (χ4v) is 2.51. The summed E-state index contributed by atoms with van der Waals surface area (Å²) in [5.41, 5.74) is 1.02. The van der Waals surface area contributed by atoms with Crippen LogP contribution in [0.15, 0.2) is 24.3 Å². The quantitative estimate of drug-likeness (QED) is 0.894. The van der Waals surface area contributed by atoms with E-state index < -0.39 is 5.97 Å². The van der Waals surface area contributed by atoms with E-state index >= 15 is 0 Å². The molecule has 1 aromatic rings. The summed E-state index contributed by atoms with van der Waals surface area (Å²) >= 11 is 0. The lowest BCUT2D eigenvalue weighted by atomic mass is 9.93. The van der Waals surface area contributed by atoms with Crippen molar-refractivity contribution in [2.24, 2.45) is 5.92 Å². The first-order valence-electron chi connectivity index (χ1n) is 6.37. The van der Waals surface area contributed by atoms with Crippen molar-refractivity contribution in [1.29, 1.82) is 0 Å². The van der Waals surface area contributed by atoms with Gasteiger partial charge in [-0.1, -0.05) is 0 Å². The number of piperidine rings is 1. The van der Waals surface area contributed by atoms with E-state index in [1.807, 2.05) is 0 Å². The first-order valence-corrected chi connectivity index (χ1v) is 6.37. The van der Waals surface area contributed by atoms with E-state index in [-0.39, 0.29) is 12.2 Å². The van der Waals surface area contributed by atoms with Crippen LogP contribution in [0.1, 0.15) is 25.7 Å². The molecule has 1 fully saturated rings. The van der Waals surface area contributed by atoms with Crippen LogP contribution < -0.4 is 4.90 Å². The van der Waals surface area contributed by atoms with Crippen LogP contribution in [-0.4, -0.2) is 24.2 Å². The predicted octanol–water partition coefficient (Wildman–Crippen LogP) is 2.91. The molecule has 1 aliphatic rings. The van der Waals surface area contributed by atoms with E-state index in [2.05, 4.69) is 4.90 Å². The number of carboxylic acids is 1. The second-order valence-electron chi connectivity index (χ2n) is 4.86. The molecule has 98 valence electrons. The zero-order chi connectivity index (χ0) is 13.0. The molecule has 0 aromatic heterocycles. The molecular weight excluding hydrogens is 233 g/mol. The zero-order valence-electron chi connectivity index (χ0n) is 10.3. The van der Waals surface area contributed by atoms with Gasteiger partial charge in [-0.3, -0.25) is 4.79 Å². The van der Waals surface area contributed by atoms with Gasteiger partial charge in [-0.15, -0.1) is 0 Å². The summed E-state index contributed by atoms with van der Waals surface area (Å²) in [5.74, 6) is -0.521. The second-order valence-corrected chi connectivity index (χ2v) is 4.86. The van der Waals surface area contributed by atoms with Crippen LogP contribution >= 0.6 is 0 Å². The van der Waals surface area contributed by atoms with Crippen molar-refractivity contribution in [3.05, 3.63) is 30.1 Å². The van der Waals surface area contributed by atoms with E-state index in [1.54, 1.807) is 12.1 Å². The van der Waals surface area contributed by atoms with Gasteiger partial charge in [0, 0.05) is 25.2 Å². The number of carboxylic acid groups (broad SMARTS) is 1. The van der Waals surface area contributed by atoms with Crippen LogP contribution in [0.4, 0.5) is 10.1 Å². The number of hydrogen-bond donors (Lipinski definition) is 1. The minimum Gasteiger partial charge on any atom is -0.481 e. The topological polar surface area (TPSA) is 40.5 Å². The second kappa shape index (κ2) is 5.85. The van der Waals surface area contributed by atoms with Crippen molar-refractivity contribution in [3.63, 3.8) is 0 Å². The molecule has 4 heteroatoms. The Bertz CT molecular complexity index is 405. The summed E-state index contributed by atoms with van der Waals surface area (Å²) in [5, 5.41) is 8.70. The summed E-state index contributed by atoms with van der Waals surface area (Å²) in [6, 6.07) is 6.51. The number of nitrogens with zero attached hydrogens (tertiary/aromatic N) is 1. The summed E-state index contributed by atoms with van der Waals surface area (Å²) in [6.45, 7) is 1.84. The van der Waals surface area contributed by atoms with Gasteiger partial charge in [-0.05, 0) is 49.4 Å². The number of carbonyl (C=O) groups is 1. The van der Waals surface area contributed by atoms with Crippen LogP contribution in [0.3, 0.4) is 0 Å². The third-order valence-electron chi connectivity index (χ3n) is 3.48. The van der Waals surface area contributed by atoms with Gasteiger partial charge in [-0.25, -0.2) is 4.39 Å². The molecule has 0 bridgehead atoms. The highest BCUT2D eigenvalue weighted by atomic mass is 19.1. The number of hydrogen-bond acceptors (Lipinski definition) is 2. The molecule has 1 N–H and O–H groups in total. The molecule has 1 aromatic carbocycles. The SMILES string of the molecule is O=C(O)CCC1CCCN(c2ccc(F)cc2)C1. The number of rotatable bonds is 4. The normalized spacial score (nSPS) is 19.8. The van der Waals surface area contributed by atoms with Crippen LogP contribution in [0, 0.1) is 11.7 Å². The Balaban J connectivity index is 1.93. The van der Waals surface area contributed by atoms with E-state index in [9.17, 15) is 9.18 Å². The molecule has 0 saturated carbocycles. The van der Waals surface area contributed by atoms with E-state index in [0.717, 1.165) is 38.0 Å². The average molecular weight is 251 g/mol. The first-order chi connectivity index (χ1) is 8.65. The Kier molecular flexibility index (Phi) is 4.18. The Labute approximate surface area is 106 Å². The maximum atomic E-state index is 12.9. The monoisotopic (exact) mass is 251 g/mol.